The van der Waals surface area contributed by atoms with Crippen LogP contribution in [0.2, 0.25) is 0 Å². The number of nitrogens with zero attached hydrogens (tertiary/aromatic N) is 4. The number of nitrogens with one attached hydrogen (secondary N) is 3. The SMILES string of the molecule is CC[C@@H](N(NC(=O)c1cccc(OC)c1C)C(=O)c1ccc(C=O)c(B2OC(C)(C)C(C)(C)O2)c1)C(C)(C)C.CC[C@@H](N(NC(=O)c1cccc(OC)c1C)C(=O)c1ccc2c(c1)B(O)N(C)N=C2)C(C)(C)C.CNN. The lowest BCUT2D eigenvalue weighted by atomic mass is 9.69. The Morgan fingerprint density at radius 3 is 1.54 bits per heavy atom. The van der Waals surface area contributed by atoms with Crippen molar-refractivity contribution in [2.45, 2.75) is 133 Å². The van der Waals surface area contributed by atoms with Crippen LogP contribution in [0.1, 0.15) is 164 Å². The predicted octanol–water partition coefficient (Wildman–Crippen LogP) is 6.39. The molecule has 410 valence electrons. The van der Waals surface area contributed by atoms with Crippen LogP contribution < -0.4 is 42.5 Å². The Balaban J connectivity index is 0.000000315. The van der Waals surface area contributed by atoms with Crippen molar-refractivity contribution < 1.29 is 47.8 Å². The van der Waals surface area contributed by atoms with Crippen molar-refractivity contribution >= 4 is 61.2 Å². The first-order valence-electron chi connectivity index (χ1n) is 25.5. The molecule has 20 heteroatoms. The maximum Gasteiger partial charge on any atom is 0.495 e. The standard InChI is InChI=1S/C30H41BN2O6.C25H33BN4O4.CH6N2/c1-11-25(28(3,4)5)33(32-26(35)22-13-12-14-24(37-10)19(22)2)27(36)20-15-16-21(18-34)23(17-20)31-38-29(6,7)30(8,9)39-31;1-8-22(25(3,4)5)30(28-23(31)19-10-9-11-21(34-7)16(19)2)24(32)17-12-13-18-15-27-29(6)26(33)20(18)14-17;1-3-2/h12-18,25H,11H2,1-10H3,(H,32,35);9-15,22,33H,8H2,1-7H3,(H,28,31);3H,2H2,1H3/t25-;22-;/m11./s1. The zero-order valence-corrected chi connectivity index (χ0v) is 47.8. The maximum absolute atomic E-state index is 14.1. The van der Waals surface area contributed by atoms with Gasteiger partial charge in [0.1, 0.15) is 17.8 Å². The quantitative estimate of drug-likeness (QED) is 0.0450. The zero-order valence-electron chi connectivity index (χ0n) is 47.8. The van der Waals surface area contributed by atoms with Crippen LogP contribution in [-0.2, 0) is 9.31 Å². The summed E-state index contributed by atoms with van der Waals surface area (Å²) < 4.78 is 23.1. The number of carbonyl (C=O) groups is 5. The molecule has 2 atom stereocenters. The van der Waals surface area contributed by atoms with Crippen molar-refractivity contribution in [3.05, 3.63) is 117 Å². The van der Waals surface area contributed by atoms with Crippen LogP contribution in [0.5, 0.6) is 11.5 Å². The molecule has 2 aliphatic heterocycles. The third kappa shape index (κ3) is 14.1. The summed E-state index contributed by atoms with van der Waals surface area (Å²) in [5, 5.41) is 17.5. The van der Waals surface area contributed by atoms with E-state index in [9.17, 15) is 29.0 Å². The van der Waals surface area contributed by atoms with Crippen LogP contribution in [0.4, 0.5) is 0 Å². The normalized spacial score (nSPS) is 15.1. The fourth-order valence-electron chi connectivity index (χ4n) is 9.14. The van der Waals surface area contributed by atoms with Crippen LogP contribution in [0.15, 0.2) is 77.9 Å². The molecule has 0 bridgehead atoms. The first-order chi connectivity index (χ1) is 35.5. The lowest BCUT2D eigenvalue weighted by Gasteiger charge is -2.39. The highest BCUT2D eigenvalue weighted by molar-refractivity contribution is 6.65. The summed E-state index contributed by atoms with van der Waals surface area (Å²) in [7, 11) is 4.63. The van der Waals surface area contributed by atoms with Gasteiger partial charge in [-0.05, 0) is 137 Å². The number of rotatable bonds is 12. The fourth-order valence-corrected chi connectivity index (χ4v) is 9.14. The predicted molar refractivity (Wildman–Crippen MR) is 300 cm³/mol. The Morgan fingerprint density at radius 1 is 0.750 bits per heavy atom. The highest BCUT2D eigenvalue weighted by atomic mass is 16.7. The molecule has 4 aromatic rings. The number of amides is 4. The van der Waals surface area contributed by atoms with Gasteiger partial charge < -0.3 is 28.7 Å². The van der Waals surface area contributed by atoms with Gasteiger partial charge >= 0.3 is 14.2 Å². The lowest BCUT2D eigenvalue weighted by Crippen LogP contribution is -2.56. The van der Waals surface area contributed by atoms with E-state index in [1.807, 2.05) is 90.0 Å². The van der Waals surface area contributed by atoms with E-state index in [2.05, 4.69) is 27.2 Å². The number of hydrogen-bond donors (Lipinski definition) is 5. The molecule has 0 radical (unpaired) electrons. The zero-order chi connectivity index (χ0) is 57.2. The average Bonchev–Trinajstić information content (AvgIpc) is 3.58. The van der Waals surface area contributed by atoms with E-state index in [1.54, 1.807) is 114 Å². The van der Waals surface area contributed by atoms with Crippen molar-refractivity contribution in [3.63, 3.8) is 0 Å². The van der Waals surface area contributed by atoms with Crippen LogP contribution in [0.3, 0.4) is 0 Å². The van der Waals surface area contributed by atoms with Gasteiger partial charge in [0.05, 0.1) is 43.7 Å². The summed E-state index contributed by atoms with van der Waals surface area (Å²) in [5.74, 6) is 4.22. The molecule has 2 aliphatic rings. The largest absolute Gasteiger partial charge is 0.496 e. The molecular weight excluding hydrogens is 966 g/mol. The van der Waals surface area contributed by atoms with Gasteiger partial charge in [0.2, 0.25) is 0 Å². The highest BCUT2D eigenvalue weighted by Gasteiger charge is 2.52. The number of hydrazone groups is 1. The maximum atomic E-state index is 14.1. The first-order valence-corrected chi connectivity index (χ1v) is 25.5. The van der Waals surface area contributed by atoms with E-state index >= 15 is 0 Å². The molecule has 0 unspecified atom stereocenters. The lowest BCUT2D eigenvalue weighted by molar-refractivity contribution is 0.00578. The van der Waals surface area contributed by atoms with Gasteiger partial charge in [-0.2, -0.15) is 5.10 Å². The molecule has 1 saturated heterocycles. The molecule has 4 aromatic carbocycles. The molecule has 4 amide bonds. The van der Waals surface area contributed by atoms with Gasteiger partial charge in [0.25, 0.3) is 23.6 Å². The van der Waals surface area contributed by atoms with Gasteiger partial charge in [-0.25, -0.2) is 10.0 Å². The summed E-state index contributed by atoms with van der Waals surface area (Å²) in [6.07, 6.45) is 3.61. The minimum Gasteiger partial charge on any atom is -0.496 e. The van der Waals surface area contributed by atoms with Crippen molar-refractivity contribution in [2.24, 2.45) is 21.8 Å². The molecule has 76 heavy (non-hydrogen) atoms. The van der Waals surface area contributed by atoms with Crippen LogP contribution in [0.25, 0.3) is 0 Å². The second kappa shape index (κ2) is 25.5. The molecular formula is C56H80B2N8O10. The third-order valence-electron chi connectivity index (χ3n) is 14.1. The number of methoxy groups -OCH3 is 2. The van der Waals surface area contributed by atoms with Crippen LogP contribution >= 0.6 is 0 Å². The summed E-state index contributed by atoms with van der Waals surface area (Å²) in [6.45, 7) is 27.5. The number of benzene rings is 4. The van der Waals surface area contributed by atoms with Crippen LogP contribution in [0, 0.1) is 24.7 Å². The minimum absolute atomic E-state index is 0.278. The van der Waals surface area contributed by atoms with E-state index < -0.39 is 43.1 Å². The van der Waals surface area contributed by atoms with E-state index in [-0.39, 0.29) is 28.8 Å². The van der Waals surface area contributed by atoms with E-state index in [0.29, 0.717) is 74.2 Å². The van der Waals surface area contributed by atoms with Gasteiger partial charge in [0, 0.05) is 46.0 Å². The Hall–Kier alpha value is -6.57. The van der Waals surface area contributed by atoms with E-state index in [0.717, 1.165) is 11.8 Å². The van der Waals surface area contributed by atoms with Crippen molar-refractivity contribution in [1.29, 1.82) is 0 Å². The van der Waals surface area contributed by atoms with Gasteiger partial charge in [0.15, 0.2) is 0 Å². The molecule has 0 aliphatic carbocycles. The second-order valence-electron chi connectivity index (χ2n) is 22.0. The summed E-state index contributed by atoms with van der Waals surface area (Å²) >= 11 is 0. The molecule has 2 heterocycles. The average molecular weight is 1050 g/mol. The smallest absolute Gasteiger partial charge is 0.495 e. The highest BCUT2D eigenvalue weighted by Crippen LogP contribution is 2.37. The Morgan fingerprint density at radius 2 is 1.16 bits per heavy atom. The Bertz CT molecular complexity index is 2740. The minimum atomic E-state index is -0.959. The number of hydrogen-bond acceptors (Lipinski definition) is 14. The monoisotopic (exact) mass is 1050 g/mol. The van der Waals surface area contributed by atoms with Gasteiger partial charge in [-0.1, -0.05) is 79.7 Å². The third-order valence-corrected chi connectivity index (χ3v) is 14.1. The van der Waals surface area contributed by atoms with Gasteiger partial charge in [-0.15, -0.1) is 0 Å². The Kier molecular flexibility index (Phi) is 20.8. The molecule has 0 aromatic heterocycles. The van der Waals surface area contributed by atoms with E-state index in [4.69, 9.17) is 18.8 Å². The molecule has 0 saturated carbocycles. The second-order valence-corrected chi connectivity index (χ2v) is 22.0. The Labute approximate surface area is 450 Å². The van der Waals surface area contributed by atoms with Crippen molar-refractivity contribution in [2.75, 3.05) is 28.3 Å². The number of nitrogens with two attached hydrogens (primary N) is 1. The molecule has 18 nitrogen and oxygen atoms in total. The number of fused-ring (bicyclic) bond motifs is 1. The first kappa shape index (κ1) is 62.0. The summed E-state index contributed by atoms with van der Waals surface area (Å²) in [4.78, 5) is 68.1. The number of carbonyl (C=O) groups excluding carboxylic acids is 5. The molecule has 1 fully saturated rings. The fraction of sp³-hybridized carbons (Fsp3) is 0.464. The van der Waals surface area contributed by atoms with Crippen molar-refractivity contribution in [3.8, 4) is 11.5 Å². The summed E-state index contributed by atoms with van der Waals surface area (Å²) in [6, 6.07) is 19.8. The van der Waals surface area contributed by atoms with Crippen molar-refractivity contribution in [1.82, 2.24) is 31.2 Å². The molecule has 6 N–H and O–H groups in total. The van der Waals surface area contributed by atoms with E-state index in [1.165, 1.54) is 14.9 Å². The number of aldehydes is 1. The topological polar surface area (TPSA) is 227 Å². The van der Waals surface area contributed by atoms with Crippen LogP contribution in [-0.4, -0.2) is 122 Å². The number of ether oxygens (including phenoxy) is 2. The molecule has 0 spiro atoms. The summed E-state index contributed by atoms with van der Waals surface area (Å²) in [5.41, 5.74) is 11.2. The number of hydrazine groups is 3. The van der Waals surface area contributed by atoms with Gasteiger partial charge in [-0.3, -0.25) is 46.1 Å². The molecule has 6 rings (SSSR count).